The van der Waals surface area contributed by atoms with E-state index >= 15 is 0 Å². The molecule has 98 valence electrons. The van der Waals surface area contributed by atoms with Gasteiger partial charge in [-0.25, -0.2) is 0 Å². The standard InChI is InChI=1S/C11H13NO6/c1-17-6-9(14)7-18-11-4-8(5-13)2-3-10(11)12(15)16/h2-5,9,14H,6-7H2,1H3. The van der Waals surface area contributed by atoms with Gasteiger partial charge in [-0.2, -0.15) is 0 Å². The third kappa shape index (κ3) is 3.79. The van der Waals surface area contributed by atoms with Crippen molar-refractivity contribution >= 4 is 12.0 Å². The van der Waals surface area contributed by atoms with Crippen molar-refractivity contribution in [3.05, 3.63) is 33.9 Å². The molecule has 0 radical (unpaired) electrons. The number of carbonyl (C=O) groups is 1. The molecule has 1 aromatic rings. The van der Waals surface area contributed by atoms with Crippen molar-refractivity contribution in [1.29, 1.82) is 0 Å². The monoisotopic (exact) mass is 255 g/mol. The van der Waals surface area contributed by atoms with Gasteiger partial charge < -0.3 is 14.6 Å². The molecule has 1 rings (SSSR count). The van der Waals surface area contributed by atoms with Crippen molar-refractivity contribution in [1.82, 2.24) is 0 Å². The molecule has 1 N–H and O–H groups in total. The van der Waals surface area contributed by atoms with E-state index in [1.165, 1.54) is 25.3 Å². The fourth-order valence-corrected chi connectivity index (χ4v) is 1.30. The molecule has 1 aromatic carbocycles. The zero-order valence-electron chi connectivity index (χ0n) is 9.74. The third-order valence-electron chi connectivity index (χ3n) is 2.11. The Morgan fingerprint density at radius 3 is 2.78 bits per heavy atom. The first-order valence-corrected chi connectivity index (χ1v) is 5.12. The SMILES string of the molecule is COCC(O)COc1cc(C=O)ccc1[N+](=O)[O-]. The van der Waals surface area contributed by atoms with Crippen LogP contribution in [-0.4, -0.2) is 42.7 Å². The molecule has 18 heavy (non-hydrogen) atoms. The zero-order valence-corrected chi connectivity index (χ0v) is 9.74. The number of aliphatic hydroxyl groups excluding tert-OH is 1. The second kappa shape index (κ2) is 6.67. The summed E-state index contributed by atoms with van der Waals surface area (Å²) in [5, 5.41) is 20.1. The van der Waals surface area contributed by atoms with E-state index in [9.17, 15) is 20.0 Å². The Kier molecular flexibility index (Phi) is 5.22. The van der Waals surface area contributed by atoms with E-state index in [0.717, 1.165) is 0 Å². The number of hydrogen-bond donors (Lipinski definition) is 1. The van der Waals surface area contributed by atoms with Crippen molar-refractivity contribution in [3.8, 4) is 5.75 Å². The van der Waals surface area contributed by atoms with Gasteiger partial charge in [0.05, 0.1) is 11.5 Å². The number of rotatable bonds is 7. The number of aliphatic hydroxyl groups is 1. The van der Waals surface area contributed by atoms with Gasteiger partial charge in [0.15, 0.2) is 5.75 Å². The average molecular weight is 255 g/mol. The van der Waals surface area contributed by atoms with Gasteiger partial charge in [-0.05, 0) is 12.1 Å². The van der Waals surface area contributed by atoms with Crippen LogP contribution in [-0.2, 0) is 4.74 Å². The summed E-state index contributed by atoms with van der Waals surface area (Å²) in [5.41, 5.74) is 0.00190. The number of aldehydes is 1. The molecule has 0 saturated heterocycles. The maximum Gasteiger partial charge on any atom is 0.310 e. The van der Waals surface area contributed by atoms with Crippen LogP contribution < -0.4 is 4.74 Å². The lowest BCUT2D eigenvalue weighted by Gasteiger charge is -2.11. The molecule has 0 saturated carbocycles. The Labute approximate surface area is 103 Å². The molecule has 0 aromatic heterocycles. The zero-order chi connectivity index (χ0) is 13.5. The van der Waals surface area contributed by atoms with Gasteiger partial charge in [0, 0.05) is 18.7 Å². The van der Waals surface area contributed by atoms with Crippen LogP contribution in [0.3, 0.4) is 0 Å². The predicted octanol–water partition coefficient (Wildman–Crippen LogP) is 0.793. The fourth-order valence-electron chi connectivity index (χ4n) is 1.30. The Morgan fingerprint density at radius 2 is 2.22 bits per heavy atom. The first-order valence-electron chi connectivity index (χ1n) is 5.12. The largest absolute Gasteiger partial charge is 0.484 e. The lowest BCUT2D eigenvalue weighted by molar-refractivity contribution is -0.385. The summed E-state index contributed by atoms with van der Waals surface area (Å²) in [7, 11) is 1.42. The molecule has 0 fully saturated rings. The van der Waals surface area contributed by atoms with Gasteiger partial charge in [0.25, 0.3) is 0 Å². The quantitative estimate of drug-likeness (QED) is 0.439. The molecule has 1 unspecified atom stereocenters. The molecule has 7 nitrogen and oxygen atoms in total. The molecule has 0 amide bonds. The van der Waals surface area contributed by atoms with Gasteiger partial charge in [-0.3, -0.25) is 14.9 Å². The van der Waals surface area contributed by atoms with Crippen LogP contribution in [0.4, 0.5) is 5.69 Å². The second-order valence-electron chi connectivity index (χ2n) is 3.52. The topological polar surface area (TPSA) is 98.9 Å². The highest BCUT2D eigenvalue weighted by molar-refractivity contribution is 5.76. The molecular formula is C11H13NO6. The van der Waals surface area contributed by atoms with Gasteiger partial charge in [0.1, 0.15) is 19.0 Å². The fraction of sp³-hybridized carbons (Fsp3) is 0.364. The summed E-state index contributed by atoms with van der Waals surface area (Å²) in [5.74, 6) is -0.0558. The van der Waals surface area contributed by atoms with Crippen molar-refractivity contribution in [2.75, 3.05) is 20.3 Å². The van der Waals surface area contributed by atoms with E-state index in [0.29, 0.717) is 6.29 Å². The van der Waals surface area contributed by atoms with Crippen LogP contribution in [0.2, 0.25) is 0 Å². The third-order valence-corrected chi connectivity index (χ3v) is 2.11. The van der Waals surface area contributed by atoms with Crippen molar-refractivity contribution in [2.24, 2.45) is 0 Å². The number of methoxy groups -OCH3 is 1. The highest BCUT2D eigenvalue weighted by atomic mass is 16.6. The van der Waals surface area contributed by atoms with E-state index < -0.39 is 11.0 Å². The molecular weight excluding hydrogens is 242 g/mol. The van der Waals surface area contributed by atoms with Crippen LogP contribution >= 0.6 is 0 Å². The van der Waals surface area contributed by atoms with Crippen molar-refractivity contribution < 1.29 is 24.3 Å². The summed E-state index contributed by atoms with van der Waals surface area (Å²) in [6, 6.07) is 3.76. The number of hydrogen-bond acceptors (Lipinski definition) is 6. The summed E-state index contributed by atoms with van der Waals surface area (Å²) < 4.78 is 9.82. The highest BCUT2D eigenvalue weighted by Gasteiger charge is 2.16. The second-order valence-corrected chi connectivity index (χ2v) is 3.52. The number of carbonyl (C=O) groups excluding carboxylic acids is 1. The first-order chi connectivity index (χ1) is 8.58. The van der Waals surface area contributed by atoms with E-state index in [1.807, 2.05) is 0 Å². The Balaban J connectivity index is 2.84. The highest BCUT2D eigenvalue weighted by Crippen LogP contribution is 2.27. The van der Waals surface area contributed by atoms with Crippen LogP contribution in [0.15, 0.2) is 18.2 Å². The van der Waals surface area contributed by atoms with Gasteiger partial charge in [0.2, 0.25) is 0 Å². The molecule has 1 atom stereocenters. The number of ether oxygens (including phenoxy) is 2. The molecule has 0 aliphatic rings. The van der Waals surface area contributed by atoms with Gasteiger partial charge >= 0.3 is 5.69 Å². The van der Waals surface area contributed by atoms with Crippen molar-refractivity contribution in [2.45, 2.75) is 6.10 Å². The summed E-state index contributed by atoms with van der Waals surface area (Å²) in [4.78, 5) is 20.7. The Bertz CT molecular complexity index is 434. The van der Waals surface area contributed by atoms with Crippen LogP contribution in [0.25, 0.3) is 0 Å². The molecule has 0 bridgehead atoms. The molecule has 0 aliphatic heterocycles. The minimum Gasteiger partial charge on any atom is -0.484 e. The maximum absolute atomic E-state index is 10.7. The first kappa shape index (κ1) is 14.1. The normalized spacial score (nSPS) is 11.9. The number of nitrogens with zero attached hydrogens (tertiary/aromatic N) is 1. The lowest BCUT2D eigenvalue weighted by Crippen LogP contribution is -2.22. The number of nitro groups is 1. The Morgan fingerprint density at radius 1 is 1.50 bits per heavy atom. The van der Waals surface area contributed by atoms with Crippen LogP contribution in [0.1, 0.15) is 10.4 Å². The minimum absolute atomic E-state index is 0.0558. The van der Waals surface area contributed by atoms with Crippen LogP contribution in [0, 0.1) is 10.1 Å². The van der Waals surface area contributed by atoms with Gasteiger partial charge in [-0.15, -0.1) is 0 Å². The molecule has 0 spiro atoms. The summed E-state index contributed by atoms with van der Waals surface area (Å²) in [6.07, 6.45) is -0.336. The smallest absolute Gasteiger partial charge is 0.310 e. The molecule has 7 heteroatoms. The predicted molar refractivity (Wildman–Crippen MR) is 61.9 cm³/mol. The molecule has 0 aliphatic carbocycles. The molecule has 0 heterocycles. The summed E-state index contributed by atoms with van der Waals surface area (Å²) in [6.45, 7) is -0.0990. The van der Waals surface area contributed by atoms with E-state index in [2.05, 4.69) is 0 Å². The average Bonchev–Trinajstić information content (AvgIpc) is 2.36. The van der Waals surface area contributed by atoms with E-state index in [-0.39, 0.29) is 30.2 Å². The summed E-state index contributed by atoms with van der Waals surface area (Å²) >= 11 is 0. The Hall–Kier alpha value is -1.99. The number of nitro benzene ring substituents is 1. The van der Waals surface area contributed by atoms with Gasteiger partial charge in [-0.1, -0.05) is 0 Å². The van der Waals surface area contributed by atoms with Crippen molar-refractivity contribution in [3.63, 3.8) is 0 Å². The van der Waals surface area contributed by atoms with Crippen LogP contribution in [0.5, 0.6) is 5.75 Å². The number of benzene rings is 1. The lowest BCUT2D eigenvalue weighted by atomic mass is 10.2. The van der Waals surface area contributed by atoms with E-state index in [1.54, 1.807) is 0 Å². The minimum atomic E-state index is -0.894. The van der Waals surface area contributed by atoms with E-state index in [4.69, 9.17) is 9.47 Å². The maximum atomic E-state index is 10.7.